The van der Waals surface area contributed by atoms with Gasteiger partial charge in [0.05, 0.1) is 10.6 Å². The number of nitrogens with zero attached hydrogens (tertiary/aromatic N) is 3. The van der Waals surface area contributed by atoms with Gasteiger partial charge in [-0.25, -0.2) is 18.4 Å². The van der Waals surface area contributed by atoms with Gasteiger partial charge >= 0.3 is 0 Å². The Morgan fingerprint density at radius 2 is 1.91 bits per heavy atom. The molecule has 0 spiro atoms. The van der Waals surface area contributed by atoms with Crippen LogP contribution in [0.3, 0.4) is 0 Å². The summed E-state index contributed by atoms with van der Waals surface area (Å²) in [5, 5.41) is 13.3. The Hall–Kier alpha value is -3.21. The molecule has 0 bridgehead atoms. The third-order valence-corrected chi connectivity index (χ3v) is 8.20. The predicted molar refractivity (Wildman–Crippen MR) is 132 cm³/mol. The van der Waals surface area contributed by atoms with Crippen molar-refractivity contribution in [1.82, 2.24) is 30.2 Å². The van der Waals surface area contributed by atoms with E-state index in [9.17, 15) is 8.42 Å². The number of piperazine rings is 1. The van der Waals surface area contributed by atoms with Crippen LogP contribution in [0, 0.1) is 0 Å². The van der Waals surface area contributed by atoms with Crippen LogP contribution >= 0.6 is 0 Å². The maximum Gasteiger partial charge on any atom is 0.243 e. The molecule has 1 atom stereocenters. The lowest BCUT2D eigenvalue weighted by atomic mass is 9.89. The average molecular weight is 480 g/mol. The van der Waals surface area contributed by atoms with Crippen LogP contribution in [-0.4, -0.2) is 54.5 Å². The Balaban J connectivity index is 1.33. The second kappa shape index (κ2) is 9.21. The summed E-state index contributed by atoms with van der Waals surface area (Å²) >= 11 is 0. The van der Waals surface area contributed by atoms with Crippen LogP contribution in [0.1, 0.15) is 25.5 Å². The number of nitrogens with one attached hydrogen (secondary N) is 4. The molecule has 4 heterocycles. The molecule has 3 aliphatic heterocycles. The summed E-state index contributed by atoms with van der Waals surface area (Å²) < 4.78 is 27.2. The van der Waals surface area contributed by atoms with Crippen molar-refractivity contribution in [2.45, 2.75) is 30.3 Å². The number of rotatable bonds is 7. The van der Waals surface area contributed by atoms with E-state index in [1.807, 2.05) is 24.5 Å². The Kier molecular flexibility index (Phi) is 6.11. The maximum atomic E-state index is 12.9. The third kappa shape index (κ3) is 4.20. The number of dihydropyridines is 1. The van der Waals surface area contributed by atoms with Crippen molar-refractivity contribution in [1.29, 1.82) is 0 Å². The van der Waals surface area contributed by atoms with Crippen LogP contribution < -0.4 is 21.3 Å². The first-order valence-corrected chi connectivity index (χ1v) is 13.0. The van der Waals surface area contributed by atoms with Gasteiger partial charge in [-0.3, -0.25) is 0 Å². The number of hydrogen-bond donors (Lipinski definition) is 4. The molecule has 5 rings (SSSR count). The van der Waals surface area contributed by atoms with Gasteiger partial charge in [-0.05, 0) is 49.0 Å². The van der Waals surface area contributed by atoms with Crippen molar-refractivity contribution < 1.29 is 8.42 Å². The largest absolute Gasteiger partial charge is 0.365 e. The molecule has 1 aromatic carbocycles. The van der Waals surface area contributed by atoms with E-state index in [0.29, 0.717) is 32.1 Å². The molecule has 4 N–H and O–H groups in total. The van der Waals surface area contributed by atoms with E-state index in [0.717, 1.165) is 35.4 Å². The summed E-state index contributed by atoms with van der Waals surface area (Å²) in [5.41, 5.74) is 3.40. The highest BCUT2D eigenvalue weighted by molar-refractivity contribution is 7.89. The van der Waals surface area contributed by atoms with Crippen molar-refractivity contribution in [2.24, 2.45) is 0 Å². The van der Waals surface area contributed by atoms with Crippen LogP contribution in [0.5, 0.6) is 0 Å². The molecule has 3 aliphatic rings. The molecule has 1 fully saturated rings. The van der Waals surface area contributed by atoms with Crippen molar-refractivity contribution in [2.75, 3.05) is 31.5 Å². The molecule has 0 amide bonds. The molecule has 1 unspecified atom stereocenters. The van der Waals surface area contributed by atoms with E-state index in [1.54, 1.807) is 30.5 Å². The Bertz CT molecular complexity index is 1250. The van der Waals surface area contributed by atoms with Gasteiger partial charge in [0.2, 0.25) is 16.0 Å². The lowest BCUT2D eigenvalue weighted by Gasteiger charge is -2.34. The van der Waals surface area contributed by atoms with Gasteiger partial charge in [-0.2, -0.15) is 4.31 Å². The highest BCUT2D eigenvalue weighted by Crippen LogP contribution is 2.38. The number of fused-ring (bicyclic) bond motifs is 1. The zero-order valence-corrected chi connectivity index (χ0v) is 19.9. The van der Waals surface area contributed by atoms with Crippen LogP contribution in [0.15, 0.2) is 71.5 Å². The van der Waals surface area contributed by atoms with E-state index in [-0.39, 0.29) is 10.6 Å². The standard InChI is InChI=1S/C24H29N7O2S/c1-2-10-24-21(4-3-11-27-24)20(17-28-24)22-9-12-26-23(30-22)29-18-5-7-19(8-6-18)34(32,33)31-15-13-25-14-16-31/h3-9,11-12,17,25,27-28H,2,10,13-16H2,1H3,(H,26,29,30). The molecule has 9 nitrogen and oxygen atoms in total. The minimum atomic E-state index is -3.49. The highest BCUT2D eigenvalue weighted by atomic mass is 32.2. The van der Waals surface area contributed by atoms with Crippen LogP contribution in [0.25, 0.3) is 5.57 Å². The summed E-state index contributed by atoms with van der Waals surface area (Å²) in [6, 6.07) is 8.62. The lowest BCUT2D eigenvalue weighted by molar-refractivity contribution is 0.360. The molecular formula is C24H29N7O2S. The van der Waals surface area contributed by atoms with Gasteiger partial charge in [0, 0.05) is 55.4 Å². The molecule has 2 aromatic rings. The van der Waals surface area contributed by atoms with Crippen molar-refractivity contribution in [3.8, 4) is 0 Å². The van der Waals surface area contributed by atoms with E-state index < -0.39 is 10.0 Å². The maximum absolute atomic E-state index is 12.9. The molecule has 0 aliphatic carbocycles. The van der Waals surface area contributed by atoms with Crippen molar-refractivity contribution in [3.05, 3.63) is 72.3 Å². The number of anilines is 2. The predicted octanol–water partition coefficient (Wildman–Crippen LogP) is 2.30. The smallest absolute Gasteiger partial charge is 0.243 e. The fourth-order valence-corrected chi connectivity index (χ4v) is 6.02. The van der Waals surface area contributed by atoms with Gasteiger partial charge in [-0.15, -0.1) is 0 Å². The molecule has 1 aromatic heterocycles. The summed E-state index contributed by atoms with van der Waals surface area (Å²) in [4.78, 5) is 9.36. The lowest BCUT2D eigenvalue weighted by Crippen LogP contribution is -2.52. The van der Waals surface area contributed by atoms with Gasteiger partial charge in [0.25, 0.3) is 0 Å². The molecular weight excluding hydrogens is 450 g/mol. The van der Waals surface area contributed by atoms with E-state index in [1.165, 1.54) is 4.31 Å². The summed E-state index contributed by atoms with van der Waals surface area (Å²) in [6.45, 7) is 4.46. The number of sulfonamides is 1. The van der Waals surface area contributed by atoms with Gasteiger partial charge < -0.3 is 21.3 Å². The number of aromatic nitrogens is 2. The molecule has 0 saturated carbocycles. The van der Waals surface area contributed by atoms with E-state index in [2.05, 4.69) is 39.3 Å². The summed E-state index contributed by atoms with van der Waals surface area (Å²) in [5.74, 6) is 0.448. The SMILES string of the molecule is CCCC12NC=CC=C1C(c1ccnc(Nc3ccc(S(=O)(=O)N4CCNCC4)cc3)n1)=CN2. The zero-order valence-electron chi connectivity index (χ0n) is 19.1. The second-order valence-electron chi connectivity index (χ2n) is 8.51. The fraction of sp³-hybridized carbons (Fsp3) is 0.333. The number of benzene rings is 1. The first kappa shape index (κ1) is 22.6. The van der Waals surface area contributed by atoms with Gasteiger partial charge in [-0.1, -0.05) is 19.4 Å². The van der Waals surface area contributed by atoms with Crippen LogP contribution in [0.4, 0.5) is 11.6 Å². The zero-order chi connectivity index (χ0) is 23.6. The molecule has 178 valence electrons. The molecule has 10 heteroatoms. The average Bonchev–Trinajstić information content (AvgIpc) is 3.25. The van der Waals surface area contributed by atoms with Crippen LogP contribution in [-0.2, 0) is 10.0 Å². The third-order valence-electron chi connectivity index (χ3n) is 6.28. The molecule has 0 radical (unpaired) electrons. The van der Waals surface area contributed by atoms with E-state index >= 15 is 0 Å². The molecule has 1 saturated heterocycles. The summed E-state index contributed by atoms with van der Waals surface area (Å²) in [6.07, 6.45) is 11.8. The Labute approximate surface area is 200 Å². The Morgan fingerprint density at radius 3 is 2.68 bits per heavy atom. The fourth-order valence-electron chi connectivity index (χ4n) is 4.57. The first-order chi connectivity index (χ1) is 16.5. The minimum Gasteiger partial charge on any atom is -0.365 e. The number of allylic oxidation sites excluding steroid dienone is 2. The normalized spacial score (nSPS) is 22.3. The minimum absolute atomic E-state index is 0.286. The second-order valence-corrected chi connectivity index (χ2v) is 10.4. The summed E-state index contributed by atoms with van der Waals surface area (Å²) in [7, 11) is -3.49. The Morgan fingerprint density at radius 1 is 1.12 bits per heavy atom. The molecule has 34 heavy (non-hydrogen) atoms. The topological polar surface area (TPSA) is 111 Å². The van der Waals surface area contributed by atoms with E-state index in [4.69, 9.17) is 4.98 Å². The van der Waals surface area contributed by atoms with Gasteiger partial charge in [0.1, 0.15) is 5.66 Å². The quantitative estimate of drug-likeness (QED) is 0.479. The van der Waals surface area contributed by atoms with Crippen molar-refractivity contribution in [3.63, 3.8) is 0 Å². The first-order valence-electron chi connectivity index (χ1n) is 11.6. The highest BCUT2D eigenvalue weighted by Gasteiger charge is 2.39. The number of hydrogen-bond acceptors (Lipinski definition) is 8. The monoisotopic (exact) mass is 479 g/mol. The van der Waals surface area contributed by atoms with Gasteiger partial charge in [0.15, 0.2) is 0 Å². The van der Waals surface area contributed by atoms with Crippen LogP contribution in [0.2, 0.25) is 0 Å². The van der Waals surface area contributed by atoms with Crippen molar-refractivity contribution >= 4 is 27.2 Å².